The number of aliphatic hydroxyl groups excluding tert-OH is 1. The lowest BCUT2D eigenvalue weighted by molar-refractivity contribution is -0.336. The van der Waals surface area contributed by atoms with Crippen LogP contribution in [-0.2, 0) is 19.0 Å². The van der Waals surface area contributed by atoms with Crippen LogP contribution in [0.5, 0.6) is 5.75 Å². The topological polar surface area (TPSA) is 99.4 Å². The van der Waals surface area contributed by atoms with Crippen molar-refractivity contribution in [2.45, 2.75) is 43.9 Å². The summed E-state index contributed by atoms with van der Waals surface area (Å²) in [7, 11) is 0. The zero-order valence-electron chi connectivity index (χ0n) is 14.7. The first kappa shape index (κ1) is 18.0. The maximum absolute atomic E-state index is 11.7. The van der Waals surface area contributed by atoms with E-state index in [1.54, 1.807) is 24.3 Å². The molecule has 0 unspecified atom stereocenters. The summed E-state index contributed by atoms with van der Waals surface area (Å²) in [5.41, 5.74) is 0. The average molecular weight is 375 g/mol. The molecule has 8 nitrogen and oxygen atoms in total. The van der Waals surface area contributed by atoms with E-state index in [1.165, 1.54) is 13.2 Å². The third kappa shape index (κ3) is 3.84. The minimum atomic E-state index is -1.05. The molecule has 2 saturated heterocycles. The Bertz CT molecular complexity index is 751. The van der Waals surface area contributed by atoms with Crippen molar-refractivity contribution < 1.29 is 33.3 Å². The molecule has 0 aliphatic carbocycles. The van der Waals surface area contributed by atoms with E-state index in [4.69, 9.17) is 23.4 Å². The van der Waals surface area contributed by atoms with Gasteiger partial charge in [-0.2, -0.15) is 0 Å². The van der Waals surface area contributed by atoms with Crippen LogP contribution in [0.4, 0.5) is 0 Å². The van der Waals surface area contributed by atoms with Gasteiger partial charge in [-0.25, -0.2) is 0 Å². The van der Waals surface area contributed by atoms with E-state index >= 15 is 0 Å². The SMILES string of the molecule is CC(=O)N[C@@H]1[C@H](Oc2ccccc2)O[C@@H]2CO[C@H](c3ccco3)O[C@H]2[C@@H]1O. The quantitative estimate of drug-likeness (QED) is 0.832. The molecule has 2 aliphatic heterocycles. The minimum absolute atomic E-state index is 0.189. The second-order valence-corrected chi connectivity index (χ2v) is 6.47. The summed E-state index contributed by atoms with van der Waals surface area (Å²) in [4.78, 5) is 11.7. The molecule has 0 saturated carbocycles. The fraction of sp³-hybridized carbons (Fsp3) is 0.421. The predicted octanol–water partition coefficient (Wildman–Crippen LogP) is 1.36. The average Bonchev–Trinajstić information content (AvgIpc) is 3.20. The number of rotatable bonds is 4. The number of hydrogen-bond acceptors (Lipinski definition) is 7. The van der Waals surface area contributed by atoms with Crippen molar-refractivity contribution in [1.82, 2.24) is 5.32 Å². The lowest BCUT2D eigenvalue weighted by Crippen LogP contribution is -2.67. The van der Waals surface area contributed by atoms with Crippen molar-refractivity contribution in [3.8, 4) is 5.75 Å². The highest BCUT2D eigenvalue weighted by Gasteiger charge is 2.51. The van der Waals surface area contributed by atoms with Gasteiger partial charge in [0.1, 0.15) is 30.1 Å². The second-order valence-electron chi connectivity index (χ2n) is 6.47. The molecule has 1 aromatic heterocycles. The van der Waals surface area contributed by atoms with Gasteiger partial charge in [0.2, 0.25) is 18.5 Å². The predicted molar refractivity (Wildman–Crippen MR) is 91.6 cm³/mol. The molecule has 3 heterocycles. The normalized spacial score (nSPS) is 33.1. The lowest BCUT2D eigenvalue weighted by Gasteiger charge is -2.47. The summed E-state index contributed by atoms with van der Waals surface area (Å²) < 4.78 is 28.7. The highest BCUT2D eigenvalue weighted by atomic mass is 16.8. The second kappa shape index (κ2) is 7.69. The van der Waals surface area contributed by atoms with Gasteiger partial charge >= 0.3 is 0 Å². The van der Waals surface area contributed by atoms with E-state index in [9.17, 15) is 9.90 Å². The van der Waals surface area contributed by atoms with Crippen LogP contribution < -0.4 is 10.1 Å². The number of amides is 1. The van der Waals surface area contributed by atoms with E-state index in [-0.39, 0.29) is 12.5 Å². The fourth-order valence-electron chi connectivity index (χ4n) is 3.28. The first-order valence-corrected chi connectivity index (χ1v) is 8.74. The molecule has 144 valence electrons. The molecule has 1 aromatic carbocycles. The van der Waals surface area contributed by atoms with Gasteiger partial charge in [0.05, 0.1) is 12.9 Å². The number of hydrogen-bond donors (Lipinski definition) is 2. The number of nitrogens with one attached hydrogen (secondary N) is 1. The molecule has 27 heavy (non-hydrogen) atoms. The molecule has 0 spiro atoms. The number of aliphatic hydroxyl groups is 1. The van der Waals surface area contributed by atoms with Crippen molar-refractivity contribution in [1.29, 1.82) is 0 Å². The van der Waals surface area contributed by atoms with Gasteiger partial charge in [-0.05, 0) is 24.3 Å². The van der Waals surface area contributed by atoms with E-state index in [0.29, 0.717) is 11.5 Å². The number of fused-ring (bicyclic) bond motifs is 1. The summed E-state index contributed by atoms with van der Waals surface area (Å²) in [6, 6.07) is 11.7. The lowest BCUT2D eigenvalue weighted by atomic mass is 9.96. The smallest absolute Gasteiger partial charge is 0.223 e. The van der Waals surface area contributed by atoms with Gasteiger partial charge in [-0.1, -0.05) is 18.2 Å². The Hall–Kier alpha value is -2.39. The Morgan fingerprint density at radius 1 is 1.19 bits per heavy atom. The number of carbonyl (C=O) groups excluding carboxylic acids is 1. The number of ether oxygens (including phenoxy) is 4. The summed E-state index contributed by atoms with van der Waals surface area (Å²) in [5, 5.41) is 13.6. The van der Waals surface area contributed by atoms with Crippen LogP contribution in [0.15, 0.2) is 53.1 Å². The fourth-order valence-corrected chi connectivity index (χ4v) is 3.28. The molecule has 4 rings (SSSR count). The van der Waals surface area contributed by atoms with Crippen LogP contribution in [0.2, 0.25) is 0 Å². The van der Waals surface area contributed by atoms with Crippen LogP contribution in [0.1, 0.15) is 19.0 Å². The Balaban J connectivity index is 1.53. The van der Waals surface area contributed by atoms with Gasteiger partial charge in [-0.15, -0.1) is 0 Å². The standard InChI is InChI=1S/C19H21NO7/c1-11(21)20-15-16(22)17-14(10-24-18(27-17)13-8-5-9-23-13)26-19(15)25-12-6-3-2-4-7-12/h2-9,14-19,22H,10H2,1H3,(H,20,21)/t14-,15+,16-,17-,18+,19-/m1/s1. The molecule has 8 heteroatoms. The zero-order chi connectivity index (χ0) is 18.8. The zero-order valence-corrected chi connectivity index (χ0v) is 14.7. The molecule has 0 bridgehead atoms. The van der Waals surface area contributed by atoms with Gasteiger partial charge < -0.3 is 33.8 Å². The van der Waals surface area contributed by atoms with Gasteiger partial charge in [0.15, 0.2) is 5.76 Å². The third-order valence-electron chi connectivity index (χ3n) is 4.51. The van der Waals surface area contributed by atoms with Gasteiger partial charge in [-0.3, -0.25) is 4.79 Å². The summed E-state index contributed by atoms with van der Waals surface area (Å²) >= 11 is 0. The first-order chi connectivity index (χ1) is 13.1. The maximum Gasteiger partial charge on any atom is 0.223 e. The first-order valence-electron chi connectivity index (χ1n) is 8.74. The molecule has 2 fully saturated rings. The highest BCUT2D eigenvalue weighted by Crippen LogP contribution is 2.34. The van der Waals surface area contributed by atoms with Crippen LogP contribution in [0.25, 0.3) is 0 Å². The van der Waals surface area contributed by atoms with Crippen molar-refractivity contribution in [2.24, 2.45) is 0 Å². The van der Waals surface area contributed by atoms with Crippen molar-refractivity contribution in [3.63, 3.8) is 0 Å². The molecular formula is C19H21NO7. The molecule has 0 radical (unpaired) electrons. The Labute approximate surface area is 156 Å². The monoisotopic (exact) mass is 375 g/mol. The van der Waals surface area contributed by atoms with E-state index in [1.807, 2.05) is 18.2 Å². The van der Waals surface area contributed by atoms with Gasteiger partial charge in [0, 0.05) is 6.92 Å². The van der Waals surface area contributed by atoms with Crippen LogP contribution in [-0.4, -0.2) is 48.3 Å². The maximum atomic E-state index is 11.7. The summed E-state index contributed by atoms with van der Waals surface area (Å²) in [6.45, 7) is 1.56. The van der Waals surface area contributed by atoms with E-state index in [0.717, 1.165) is 0 Å². The highest BCUT2D eigenvalue weighted by molar-refractivity contribution is 5.73. The number of furan rings is 1. The van der Waals surface area contributed by atoms with E-state index in [2.05, 4.69) is 5.32 Å². The van der Waals surface area contributed by atoms with Crippen molar-refractivity contribution in [2.75, 3.05) is 6.61 Å². The van der Waals surface area contributed by atoms with E-state index < -0.39 is 36.9 Å². The summed E-state index contributed by atoms with van der Waals surface area (Å²) in [6.07, 6.45) is -2.43. The van der Waals surface area contributed by atoms with Crippen LogP contribution >= 0.6 is 0 Å². The van der Waals surface area contributed by atoms with Crippen molar-refractivity contribution >= 4 is 5.91 Å². The summed E-state index contributed by atoms with van der Waals surface area (Å²) in [5.74, 6) is 0.756. The molecule has 2 aliphatic rings. The van der Waals surface area contributed by atoms with Crippen LogP contribution in [0.3, 0.4) is 0 Å². The van der Waals surface area contributed by atoms with Crippen LogP contribution in [0, 0.1) is 0 Å². The van der Waals surface area contributed by atoms with Crippen molar-refractivity contribution in [3.05, 3.63) is 54.5 Å². The number of para-hydroxylation sites is 1. The molecule has 2 N–H and O–H groups in total. The number of benzene rings is 1. The third-order valence-corrected chi connectivity index (χ3v) is 4.51. The Kier molecular flexibility index (Phi) is 5.13. The molecule has 1 amide bonds. The minimum Gasteiger partial charge on any atom is -0.464 e. The molecule has 6 atom stereocenters. The molecule has 2 aromatic rings. The number of carbonyl (C=O) groups is 1. The Morgan fingerprint density at radius 3 is 2.70 bits per heavy atom. The largest absolute Gasteiger partial charge is 0.464 e. The molecular weight excluding hydrogens is 354 g/mol. The Morgan fingerprint density at radius 2 is 2.00 bits per heavy atom. The van der Waals surface area contributed by atoms with Gasteiger partial charge in [0.25, 0.3) is 0 Å².